The van der Waals surface area contributed by atoms with Crippen molar-refractivity contribution >= 4 is 16.8 Å². The van der Waals surface area contributed by atoms with Crippen LogP contribution in [0.15, 0.2) is 30.5 Å². The van der Waals surface area contributed by atoms with Crippen molar-refractivity contribution in [3.05, 3.63) is 36.0 Å². The summed E-state index contributed by atoms with van der Waals surface area (Å²) in [6.45, 7) is 2.38. The zero-order chi connectivity index (χ0) is 14.7. The van der Waals surface area contributed by atoms with Crippen LogP contribution in [0.3, 0.4) is 0 Å². The summed E-state index contributed by atoms with van der Waals surface area (Å²) in [7, 11) is 3.75. The maximum atomic E-state index is 12.1. The molecule has 0 spiro atoms. The molecule has 0 N–H and O–H groups in total. The van der Waals surface area contributed by atoms with Gasteiger partial charge < -0.3 is 9.47 Å². The second-order valence-corrected chi connectivity index (χ2v) is 5.07. The van der Waals surface area contributed by atoms with Crippen molar-refractivity contribution in [2.24, 2.45) is 13.0 Å². The average Bonchev–Trinajstić information content (AvgIpc) is 2.77. The number of nitriles is 1. The van der Waals surface area contributed by atoms with Gasteiger partial charge in [0.1, 0.15) is 5.92 Å². The summed E-state index contributed by atoms with van der Waals surface area (Å²) in [4.78, 5) is 13.8. The number of rotatable bonds is 4. The molecule has 1 unspecified atom stereocenters. The molecule has 0 radical (unpaired) electrons. The summed E-state index contributed by atoms with van der Waals surface area (Å²) in [6.07, 6.45) is 2.59. The minimum absolute atomic E-state index is 0.108. The minimum Gasteiger partial charge on any atom is -0.350 e. The van der Waals surface area contributed by atoms with Crippen molar-refractivity contribution in [3.8, 4) is 6.07 Å². The maximum absolute atomic E-state index is 12.1. The van der Waals surface area contributed by atoms with E-state index in [9.17, 15) is 4.79 Å². The second kappa shape index (κ2) is 5.79. The fourth-order valence-electron chi connectivity index (χ4n) is 2.47. The standard InChI is InChI=1S/C16H19N3O/c1-4-12(9-17)16(20)19(3)11-13-10-18(2)15-8-6-5-7-14(13)15/h5-8,10,12H,4,11H2,1-3H3. The van der Waals surface area contributed by atoms with E-state index in [-0.39, 0.29) is 5.91 Å². The molecule has 4 heteroatoms. The van der Waals surface area contributed by atoms with E-state index >= 15 is 0 Å². The van der Waals surface area contributed by atoms with E-state index in [1.807, 2.05) is 32.3 Å². The Balaban J connectivity index is 2.25. The van der Waals surface area contributed by atoms with Gasteiger partial charge in [-0.25, -0.2) is 0 Å². The number of carbonyl (C=O) groups excluding carboxylic acids is 1. The maximum Gasteiger partial charge on any atom is 0.239 e. The first-order chi connectivity index (χ1) is 9.58. The molecule has 1 aromatic carbocycles. The molecule has 0 bridgehead atoms. The molecule has 0 aliphatic rings. The third-order valence-electron chi connectivity index (χ3n) is 3.63. The first-order valence-electron chi connectivity index (χ1n) is 6.76. The number of nitrogens with zero attached hydrogens (tertiary/aromatic N) is 3. The Morgan fingerprint density at radius 2 is 2.15 bits per heavy atom. The predicted molar refractivity (Wildman–Crippen MR) is 78.8 cm³/mol. The van der Waals surface area contributed by atoms with E-state index in [0.717, 1.165) is 16.5 Å². The lowest BCUT2D eigenvalue weighted by Gasteiger charge is -2.19. The van der Waals surface area contributed by atoms with Crippen molar-refractivity contribution in [2.75, 3.05) is 7.05 Å². The molecule has 0 saturated heterocycles. The number of hydrogen-bond acceptors (Lipinski definition) is 2. The number of aromatic nitrogens is 1. The molecule has 1 atom stereocenters. The highest BCUT2D eigenvalue weighted by molar-refractivity contribution is 5.85. The molecular weight excluding hydrogens is 250 g/mol. The molecule has 1 heterocycles. The summed E-state index contributed by atoms with van der Waals surface area (Å²) in [5.74, 6) is -0.655. The Hall–Kier alpha value is -2.28. The fourth-order valence-corrected chi connectivity index (χ4v) is 2.47. The number of para-hydroxylation sites is 1. The van der Waals surface area contributed by atoms with E-state index < -0.39 is 5.92 Å². The van der Waals surface area contributed by atoms with Gasteiger partial charge in [0.15, 0.2) is 0 Å². The normalized spacial score (nSPS) is 12.1. The van der Waals surface area contributed by atoms with E-state index in [1.165, 1.54) is 0 Å². The van der Waals surface area contributed by atoms with Gasteiger partial charge in [0.2, 0.25) is 5.91 Å². The molecule has 1 aromatic heterocycles. The molecule has 20 heavy (non-hydrogen) atoms. The van der Waals surface area contributed by atoms with Gasteiger partial charge in [-0.15, -0.1) is 0 Å². The Labute approximate surface area is 119 Å². The van der Waals surface area contributed by atoms with Crippen molar-refractivity contribution in [3.63, 3.8) is 0 Å². The summed E-state index contributed by atoms with van der Waals surface area (Å²) in [6, 6.07) is 10.2. The largest absolute Gasteiger partial charge is 0.350 e. The Bertz CT molecular complexity index is 666. The molecule has 0 fully saturated rings. The first-order valence-corrected chi connectivity index (χ1v) is 6.76. The van der Waals surface area contributed by atoms with Gasteiger partial charge in [0, 0.05) is 37.7 Å². The molecule has 0 saturated carbocycles. The molecule has 2 aromatic rings. The summed E-state index contributed by atoms with van der Waals surface area (Å²) >= 11 is 0. The SMILES string of the molecule is CCC(C#N)C(=O)N(C)Cc1cn(C)c2ccccc12. The van der Waals surface area contributed by atoms with E-state index in [2.05, 4.69) is 22.8 Å². The molecule has 2 rings (SSSR count). The number of amides is 1. The van der Waals surface area contributed by atoms with Gasteiger partial charge in [0.05, 0.1) is 6.07 Å². The van der Waals surface area contributed by atoms with Gasteiger partial charge in [-0.2, -0.15) is 5.26 Å². The van der Waals surface area contributed by atoms with Crippen molar-refractivity contribution in [1.29, 1.82) is 5.26 Å². The molecule has 1 amide bonds. The van der Waals surface area contributed by atoms with Crippen LogP contribution in [0, 0.1) is 17.2 Å². The quantitative estimate of drug-likeness (QED) is 0.856. The van der Waals surface area contributed by atoms with Crippen LogP contribution in [0.1, 0.15) is 18.9 Å². The van der Waals surface area contributed by atoms with Crippen LogP contribution >= 0.6 is 0 Å². The summed E-state index contributed by atoms with van der Waals surface area (Å²) in [5, 5.41) is 10.1. The third-order valence-corrected chi connectivity index (χ3v) is 3.63. The third kappa shape index (κ3) is 2.53. The highest BCUT2D eigenvalue weighted by Crippen LogP contribution is 2.22. The van der Waals surface area contributed by atoms with Crippen LogP contribution in [0.2, 0.25) is 0 Å². The Morgan fingerprint density at radius 1 is 1.45 bits per heavy atom. The van der Waals surface area contributed by atoms with Crippen molar-refractivity contribution < 1.29 is 4.79 Å². The highest BCUT2D eigenvalue weighted by Gasteiger charge is 2.20. The zero-order valence-electron chi connectivity index (χ0n) is 12.1. The van der Waals surface area contributed by atoms with Crippen molar-refractivity contribution in [2.45, 2.75) is 19.9 Å². The number of aryl methyl sites for hydroxylation is 1. The van der Waals surface area contributed by atoms with Crippen LogP contribution in [-0.4, -0.2) is 22.4 Å². The van der Waals surface area contributed by atoms with Gasteiger partial charge in [0.25, 0.3) is 0 Å². The zero-order valence-corrected chi connectivity index (χ0v) is 12.1. The highest BCUT2D eigenvalue weighted by atomic mass is 16.2. The molecular formula is C16H19N3O. The van der Waals surface area contributed by atoms with Gasteiger partial charge in [-0.1, -0.05) is 25.1 Å². The summed E-state index contributed by atoms with van der Waals surface area (Å²) in [5.41, 5.74) is 2.25. The van der Waals surface area contributed by atoms with Gasteiger partial charge in [-0.3, -0.25) is 4.79 Å². The van der Waals surface area contributed by atoms with Crippen LogP contribution in [0.25, 0.3) is 10.9 Å². The van der Waals surface area contributed by atoms with Crippen LogP contribution in [-0.2, 0) is 18.4 Å². The number of hydrogen-bond donors (Lipinski definition) is 0. The van der Waals surface area contributed by atoms with E-state index in [0.29, 0.717) is 13.0 Å². The number of fused-ring (bicyclic) bond motifs is 1. The molecule has 0 aliphatic heterocycles. The predicted octanol–water partition coefficient (Wildman–Crippen LogP) is 2.69. The smallest absolute Gasteiger partial charge is 0.239 e. The number of carbonyl (C=O) groups is 1. The lowest BCUT2D eigenvalue weighted by molar-refractivity contribution is -0.133. The molecule has 0 aliphatic carbocycles. The van der Waals surface area contributed by atoms with Crippen molar-refractivity contribution in [1.82, 2.24) is 9.47 Å². The van der Waals surface area contributed by atoms with Crippen LogP contribution < -0.4 is 0 Å². The summed E-state index contributed by atoms with van der Waals surface area (Å²) < 4.78 is 2.06. The Morgan fingerprint density at radius 3 is 2.80 bits per heavy atom. The monoisotopic (exact) mass is 269 g/mol. The fraction of sp³-hybridized carbons (Fsp3) is 0.375. The first kappa shape index (κ1) is 14.1. The molecule has 104 valence electrons. The van der Waals surface area contributed by atoms with E-state index in [1.54, 1.807) is 11.9 Å². The van der Waals surface area contributed by atoms with Gasteiger partial charge >= 0.3 is 0 Å². The second-order valence-electron chi connectivity index (χ2n) is 5.07. The Kier molecular flexibility index (Phi) is 4.09. The van der Waals surface area contributed by atoms with Crippen LogP contribution in [0.4, 0.5) is 0 Å². The van der Waals surface area contributed by atoms with E-state index in [4.69, 9.17) is 5.26 Å². The minimum atomic E-state index is -0.546. The average molecular weight is 269 g/mol. The van der Waals surface area contributed by atoms with Gasteiger partial charge in [-0.05, 0) is 18.1 Å². The lowest BCUT2D eigenvalue weighted by Crippen LogP contribution is -2.31. The number of benzene rings is 1. The topological polar surface area (TPSA) is 49.0 Å². The van der Waals surface area contributed by atoms with Crippen LogP contribution in [0.5, 0.6) is 0 Å². The molecule has 4 nitrogen and oxygen atoms in total. The lowest BCUT2D eigenvalue weighted by atomic mass is 10.1.